The van der Waals surface area contributed by atoms with E-state index in [4.69, 9.17) is 0 Å². The maximum absolute atomic E-state index is 12.9. The average molecular weight is 436 g/mol. The second-order valence-electron chi connectivity index (χ2n) is 7.02. The monoisotopic (exact) mass is 435 g/mol. The van der Waals surface area contributed by atoms with E-state index in [1.54, 1.807) is 11.8 Å². The van der Waals surface area contributed by atoms with Gasteiger partial charge in [-0.1, -0.05) is 11.8 Å². The van der Waals surface area contributed by atoms with E-state index in [-0.39, 0.29) is 6.54 Å². The number of fused-ring (bicyclic) bond motifs is 2. The number of hydrogen-bond acceptors (Lipinski definition) is 7. The number of benzene rings is 2. The van der Waals surface area contributed by atoms with E-state index in [2.05, 4.69) is 5.32 Å². The standard InChI is InChI=1S/C19H24N4O4S2/c1-21(2)13-5-7-15-17(11-13)28-18-12-14(22(3)4)6-8-16(18)23(15)19(24)20-9-10-29(25,26)27/h5-8,11-12H,9-10H2,1-4H3,(H,20,24)(H,25,26,27)/p-1. The van der Waals surface area contributed by atoms with Crippen LogP contribution in [0.15, 0.2) is 46.2 Å². The molecule has 10 heteroatoms. The molecule has 1 heterocycles. The lowest BCUT2D eigenvalue weighted by Gasteiger charge is -2.32. The molecule has 1 aliphatic rings. The molecule has 156 valence electrons. The van der Waals surface area contributed by atoms with E-state index in [0.29, 0.717) is 11.4 Å². The Morgan fingerprint density at radius 3 is 1.90 bits per heavy atom. The Balaban J connectivity index is 2.01. The third-order valence-corrected chi connectivity index (χ3v) is 6.25. The number of anilines is 4. The normalized spacial score (nSPS) is 12.8. The second kappa shape index (κ2) is 8.13. The topological polar surface area (TPSA) is 96.0 Å². The van der Waals surface area contributed by atoms with E-state index in [9.17, 15) is 17.8 Å². The molecule has 2 aromatic rings. The van der Waals surface area contributed by atoms with Crippen LogP contribution >= 0.6 is 11.8 Å². The van der Waals surface area contributed by atoms with Crippen LogP contribution in [0, 0.1) is 0 Å². The Kier molecular flexibility index (Phi) is 5.97. The predicted octanol–water partition coefficient (Wildman–Crippen LogP) is 2.68. The van der Waals surface area contributed by atoms with Crippen LogP contribution in [-0.4, -0.2) is 59.5 Å². The van der Waals surface area contributed by atoms with Crippen LogP contribution < -0.4 is 20.0 Å². The number of hydrogen-bond donors (Lipinski definition) is 1. The zero-order chi connectivity index (χ0) is 21.3. The number of carbonyl (C=O) groups excluding carboxylic acids is 1. The van der Waals surface area contributed by atoms with Gasteiger partial charge in [-0.2, -0.15) is 0 Å². The predicted molar refractivity (Wildman–Crippen MR) is 116 cm³/mol. The Labute approximate surface area is 175 Å². The van der Waals surface area contributed by atoms with E-state index < -0.39 is 21.9 Å². The lowest BCUT2D eigenvalue weighted by Crippen LogP contribution is -2.40. The zero-order valence-electron chi connectivity index (χ0n) is 16.7. The molecule has 0 bridgehead atoms. The Morgan fingerprint density at radius 1 is 1.00 bits per heavy atom. The van der Waals surface area contributed by atoms with Gasteiger partial charge in [-0.25, -0.2) is 13.2 Å². The number of rotatable bonds is 5. The number of nitrogens with one attached hydrogen (secondary N) is 1. The van der Waals surface area contributed by atoms with E-state index >= 15 is 0 Å². The van der Waals surface area contributed by atoms with Gasteiger partial charge in [-0.3, -0.25) is 4.90 Å². The molecular formula is C19H23N4O4S2-. The highest BCUT2D eigenvalue weighted by atomic mass is 32.2. The first-order chi connectivity index (χ1) is 13.6. The molecule has 1 aliphatic heterocycles. The van der Waals surface area contributed by atoms with Crippen molar-refractivity contribution in [2.45, 2.75) is 9.79 Å². The van der Waals surface area contributed by atoms with Crippen molar-refractivity contribution in [3.8, 4) is 0 Å². The van der Waals surface area contributed by atoms with Gasteiger partial charge in [0, 0.05) is 55.9 Å². The minimum atomic E-state index is -4.40. The minimum Gasteiger partial charge on any atom is -0.748 e. The Hall–Kier alpha value is -2.43. The van der Waals surface area contributed by atoms with Crippen LogP contribution in [0.5, 0.6) is 0 Å². The van der Waals surface area contributed by atoms with Crippen molar-refractivity contribution in [3.63, 3.8) is 0 Å². The summed E-state index contributed by atoms with van der Waals surface area (Å²) in [5, 5.41) is 2.54. The summed E-state index contributed by atoms with van der Waals surface area (Å²) in [5.41, 5.74) is 3.41. The molecule has 0 fully saturated rings. The van der Waals surface area contributed by atoms with Crippen molar-refractivity contribution in [1.82, 2.24) is 5.32 Å². The van der Waals surface area contributed by atoms with Gasteiger partial charge < -0.3 is 19.7 Å². The first-order valence-electron chi connectivity index (χ1n) is 8.89. The Morgan fingerprint density at radius 2 is 1.48 bits per heavy atom. The van der Waals surface area contributed by atoms with Crippen molar-refractivity contribution in [1.29, 1.82) is 0 Å². The lowest BCUT2D eigenvalue weighted by molar-refractivity contribution is 0.249. The van der Waals surface area contributed by atoms with Gasteiger partial charge in [0.25, 0.3) is 0 Å². The van der Waals surface area contributed by atoms with E-state index in [0.717, 1.165) is 21.2 Å². The smallest absolute Gasteiger partial charge is 0.326 e. The van der Waals surface area contributed by atoms with Gasteiger partial charge >= 0.3 is 6.03 Å². The summed E-state index contributed by atoms with van der Waals surface area (Å²) in [7, 11) is 3.38. The molecule has 2 amide bonds. The highest BCUT2D eigenvalue weighted by Crippen LogP contribution is 2.50. The van der Waals surface area contributed by atoms with Crippen LogP contribution in [0.1, 0.15) is 0 Å². The molecule has 3 rings (SSSR count). The maximum atomic E-state index is 12.9. The van der Waals surface area contributed by atoms with Gasteiger partial charge in [0.15, 0.2) is 0 Å². The fourth-order valence-electron chi connectivity index (χ4n) is 2.92. The molecule has 0 atom stereocenters. The molecule has 0 aliphatic carbocycles. The molecule has 0 spiro atoms. The summed E-state index contributed by atoms with van der Waals surface area (Å²) in [5.74, 6) is -0.653. The molecule has 29 heavy (non-hydrogen) atoms. The van der Waals surface area contributed by atoms with Crippen LogP contribution in [0.3, 0.4) is 0 Å². The van der Waals surface area contributed by atoms with Crippen molar-refractivity contribution in [2.75, 3.05) is 55.2 Å². The third kappa shape index (κ3) is 4.77. The summed E-state index contributed by atoms with van der Waals surface area (Å²) in [6, 6.07) is 11.1. The van der Waals surface area contributed by atoms with Crippen LogP contribution in [0.25, 0.3) is 0 Å². The largest absolute Gasteiger partial charge is 0.748 e. The molecule has 0 saturated heterocycles. The molecule has 0 saturated carbocycles. The lowest BCUT2D eigenvalue weighted by atomic mass is 10.2. The number of carbonyl (C=O) groups is 1. The molecule has 0 aromatic heterocycles. The molecule has 1 N–H and O–H groups in total. The molecule has 0 radical (unpaired) electrons. The van der Waals surface area contributed by atoms with Crippen molar-refractivity contribution in [2.24, 2.45) is 0 Å². The highest BCUT2D eigenvalue weighted by Gasteiger charge is 2.29. The first kappa shape index (κ1) is 21.3. The van der Waals surface area contributed by atoms with Crippen molar-refractivity contribution < 1.29 is 17.8 Å². The third-order valence-electron chi connectivity index (χ3n) is 4.45. The summed E-state index contributed by atoms with van der Waals surface area (Å²) >= 11 is 1.57. The number of urea groups is 1. The summed E-state index contributed by atoms with van der Waals surface area (Å²) in [4.78, 5) is 20.2. The van der Waals surface area contributed by atoms with Crippen molar-refractivity contribution in [3.05, 3.63) is 36.4 Å². The molecular weight excluding hydrogens is 412 g/mol. The SMILES string of the molecule is CN(C)c1ccc2c(c1)Sc1cc(N(C)C)ccc1N2C(=O)NCCS(=O)(=O)[O-]. The van der Waals surface area contributed by atoms with Gasteiger partial charge in [-0.15, -0.1) is 0 Å². The fourth-order valence-corrected chi connectivity index (χ4v) is 4.40. The van der Waals surface area contributed by atoms with Gasteiger partial charge in [0.1, 0.15) is 0 Å². The first-order valence-corrected chi connectivity index (χ1v) is 11.3. The number of amides is 2. The Bertz CT molecular complexity index is 981. The van der Waals surface area contributed by atoms with Gasteiger partial charge in [-0.05, 0) is 36.4 Å². The van der Waals surface area contributed by atoms with Crippen molar-refractivity contribution >= 4 is 50.7 Å². The summed E-state index contributed by atoms with van der Waals surface area (Å²) < 4.78 is 32.6. The zero-order valence-corrected chi connectivity index (χ0v) is 18.3. The average Bonchev–Trinajstić information content (AvgIpc) is 2.63. The van der Waals surface area contributed by atoms with Crippen LogP contribution in [0.4, 0.5) is 27.5 Å². The quantitative estimate of drug-likeness (QED) is 0.721. The van der Waals surface area contributed by atoms with E-state index in [1.165, 1.54) is 4.90 Å². The highest BCUT2D eigenvalue weighted by molar-refractivity contribution is 7.99. The molecule has 8 nitrogen and oxygen atoms in total. The van der Waals surface area contributed by atoms with Gasteiger partial charge in [0.05, 0.1) is 27.2 Å². The molecule has 2 aromatic carbocycles. The summed E-state index contributed by atoms with van der Waals surface area (Å²) in [6.45, 7) is -0.245. The van der Waals surface area contributed by atoms with E-state index in [1.807, 2.05) is 74.4 Å². The minimum absolute atomic E-state index is 0.245. The molecule has 0 unspecified atom stereocenters. The fraction of sp³-hybridized carbons (Fsp3) is 0.316. The summed E-state index contributed by atoms with van der Waals surface area (Å²) in [6.07, 6.45) is 0. The second-order valence-corrected chi connectivity index (χ2v) is 9.63. The maximum Gasteiger partial charge on any atom is 0.326 e. The van der Waals surface area contributed by atoms with Crippen LogP contribution in [-0.2, 0) is 10.1 Å². The van der Waals surface area contributed by atoms with Gasteiger partial charge in [0.2, 0.25) is 0 Å². The van der Waals surface area contributed by atoms with Crippen LogP contribution in [0.2, 0.25) is 0 Å². The number of nitrogens with zero attached hydrogens (tertiary/aromatic N) is 3.